The van der Waals surface area contributed by atoms with Gasteiger partial charge in [0.25, 0.3) is 0 Å². The summed E-state index contributed by atoms with van der Waals surface area (Å²) in [4.78, 5) is 10.3. The summed E-state index contributed by atoms with van der Waals surface area (Å²) < 4.78 is 6.69. The van der Waals surface area contributed by atoms with E-state index in [-0.39, 0.29) is 6.17 Å². The molecule has 1 aliphatic rings. The van der Waals surface area contributed by atoms with Crippen LogP contribution >= 0.6 is 0 Å². The van der Waals surface area contributed by atoms with Gasteiger partial charge in [-0.3, -0.25) is 0 Å². The zero-order chi connectivity index (χ0) is 37.7. The van der Waals surface area contributed by atoms with E-state index in [0.29, 0.717) is 5.84 Å². The number of nitrogens with one attached hydrogen (secondary N) is 1. The van der Waals surface area contributed by atoms with Gasteiger partial charge >= 0.3 is 0 Å². The van der Waals surface area contributed by atoms with Gasteiger partial charge < -0.3 is 9.73 Å². The molecule has 0 bridgehead atoms. The van der Waals surface area contributed by atoms with Crippen LogP contribution < -0.4 is 5.32 Å². The van der Waals surface area contributed by atoms with E-state index in [9.17, 15) is 0 Å². The number of rotatable bonds is 6. The van der Waals surface area contributed by atoms with E-state index in [2.05, 4.69) is 181 Å². The first-order chi connectivity index (χ1) is 28.2. The third kappa shape index (κ3) is 5.96. The van der Waals surface area contributed by atoms with Gasteiger partial charge in [-0.15, -0.1) is 0 Å². The minimum atomic E-state index is -0.326. The molecule has 1 atom stereocenters. The molecule has 57 heavy (non-hydrogen) atoms. The lowest BCUT2D eigenvalue weighted by atomic mass is 9.93. The fourth-order valence-electron chi connectivity index (χ4n) is 8.20. The molecule has 9 aromatic carbocycles. The Morgan fingerprint density at radius 1 is 0.421 bits per heavy atom. The van der Waals surface area contributed by atoms with Gasteiger partial charge in [0.15, 0.2) is 5.84 Å². The van der Waals surface area contributed by atoms with Crippen LogP contribution in [0.25, 0.3) is 76.9 Å². The standard InChI is InChI=1S/C53H35N3O/c1-2-13-37(14-3-1)51-54-52(38-25-21-36(22-26-38)41-27-23-34-11-4-6-15-39(34)31-41)56-53(55-51)44-18-10-17-42(33-44)45-29-30-46(43-28-24-35-12-5-7-16-40(35)32-43)50-49(45)47-19-8-9-20-48(47)57-50/h1-33,52H,(H,54,55,56). The van der Waals surface area contributed by atoms with Crippen molar-refractivity contribution in [2.75, 3.05) is 0 Å². The van der Waals surface area contributed by atoms with Gasteiger partial charge in [-0.25, -0.2) is 9.98 Å². The molecule has 0 saturated heterocycles. The number of furan rings is 1. The predicted molar refractivity (Wildman–Crippen MR) is 237 cm³/mol. The molecule has 10 aromatic rings. The highest BCUT2D eigenvalue weighted by molar-refractivity contribution is 6.17. The first-order valence-electron chi connectivity index (χ1n) is 19.3. The lowest BCUT2D eigenvalue weighted by Gasteiger charge is -2.24. The van der Waals surface area contributed by atoms with Crippen LogP contribution in [-0.4, -0.2) is 11.7 Å². The highest BCUT2D eigenvalue weighted by Gasteiger charge is 2.23. The van der Waals surface area contributed by atoms with E-state index in [1.807, 2.05) is 24.3 Å². The van der Waals surface area contributed by atoms with Crippen molar-refractivity contribution in [3.05, 3.63) is 217 Å². The summed E-state index contributed by atoms with van der Waals surface area (Å²) >= 11 is 0. The highest BCUT2D eigenvalue weighted by atomic mass is 16.3. The Labute approximate surface area is 330 Å². The van der Waals surface area contributed by atoms with Crippen LogP contribution in [0.4, 0.5) is 0 Å². The van der Waals surface area contributed by atoms with Crippen LogP contribution in [0.2, 0.25) is 0 Å². The number of benzene rings is 9. The van der Waals surface area contributed by atoms with Crippen LogP contribution in [0, 0.1) is 0 Å². The largest absolute Gasteiger partial charge is 0.455 e. The number of hydrogen-bond acceptors (Lipinski definition) is 4. The van der Waals surface area contributed by atoms with E-state index in [0.717, 1.165) is 66.7 Å². The Morgan fingerprint density at radius 2 is 1.02 bits per heavy atom. The van der Waals surface area contributed by atoms with Crippen molar-refractivity contribution in [3.8, 4) is 33.4 Å². The molecule has 268 valence electrons. The number of nitrogens with zero attached hydrogens (tertiary/aromatic N) is 2. The lowest BCUT2D eigenvalue weighted by molar-refractivity contribution is 0.670. The lowest BCUT2D eigenvalue weighted by Crippen LogP contribution is -2.33. The van der Waals surface area contributed by atoms with Crippen molar-refractivity contribution < 1.29 is 4.42 Å². The normalized spacial score (nSPS) is 14.1. The minimum absolute atomic E-state index is 0.326. The molecule has 0 aliphatic carbocycles. The topological polar surface area (TPSA) is 49.9 Å². The molecule has 0 fully saturated rings. The number of aliphatic imine (C=N–C) groups is 2. The second-order valence-electron chi connectivity index (χ2n) is 14.6. The zero-order valence-electron chi connectivity index (χ0n) is 30.9. The van der Waals surface area contributed by atoms with E-state index in [1.54, 1.807) is 0 Å². The molecule has 0 radical (unpaired) electrons. The minimum Gasteiger partial charge on any atom is -0.455 e. The van der Waals surface area contributed by atoms with Gasteiger partial charge in [-0.2, -0.15) is 0 Å². The number of hydrogen-bond donors (Lipinski definition) is 1. The second-order valence-corrected chi connectivity index (χ2v) is 14.6. The summed E-state index contributed by atoms with van der Waals surface area (Å²) in [5.74, 6) is 1.47. The monoisotopic (exact) mass is 729 g/mol. The Kier molecular flexibility index (Phi) is 7.85. The van der Waals surface area contributed by atoms with E-state index >= 15 is 0 Å². The molecule has 4 nitrogen and oxygen atoms in total. The number of amidine groups is 2. The van der Waals surface area contributed by atoms with Gasteiger partial charge in [0.1, 0.15) is 23.2 Å². The average Bonchev–Trinajstić information content (AvgIpc) is 3.68. The number of para-hydroxylation sites is 1. The Morgan fingerprint density at radius 3 is 1.81 bits per heavy atom. The summed E-state index contributed by atoms with van der Waals surface area (Å²) in [5, 5.41) is 10.8. The molecular weight excluding hydrogens is 695 g/mol. The summed E-state index contributed by atoms with van der Waals surface area (Å²) in [5.41, 5.74) is 11.5. The van der Waals surface area contributed by atoms with Gasteiger partial charge in [-0.05, 0) is 85.3 Å². The van der Waals surface area contributed by atoms with Gasteiger partial charge in [0, 0.05) is 27.5 Å². The van der Waals surface area contributed by atoms with Crippen LogP contribution in [0.3, 0.4) is 0 Å². The summed E-state index contributed by atoms with van der Waals surface area (Å²) in [6.07, 6.45) is -0.326. The predicted octanol–water partition coefficient (Wildman–Crippen LogP) is 13.4. The molecule has 0 saturated carbocycles. The molecule has 0 spiro atoms. The Hall–Kier alpha value is -7.56. The summed E-state index contributed by atoms with van der Waals surface area (Å²) in [6, 6.07) is 70.6. The van der Waals surface area contributed by atoms with E-state index in [4.69, 9.17) is 14.4 Å². The van der Waals surface area contributed by atoms with Crippen molar-refractivity contribution >= 4 is 55.2 Å². The van der Waals surface area contributed by atoms with Crippen molar-refractivity contribution in [2.24, 2.45) is 9.98 Å². The maximum atomic E-state index is 6.69. The molecular formula is C53H35N3O. The molecule has 1 aromatic heterocycles. The van der Waals surface area contributed by atoms with Crippen molar-refractivity contribution in [1.82, 2.24) is 5.32 Å². The van der Waals surface area contributed by atoms with Crippen LogP contribution in [0.1, 0.15) is 22.9 Å². The van der Waals surface area contributed by atoms with Crippen molar-refractivity contribution in [1.29, 1.82) is 0 Å². The van der Waals surface area contributed by atoms with Crippen LogP contribution in [-0.2, 0) is 0 Å². The van der Waals surface area contributed by atoms with Crippen LogP contribution in [0.5, 0.6) is 0 Å². The fraction of sp³-hybridized carbons (Fsp3) is 0.0189. The van der Waals surface area contributed by atoms with Gasteiger partial charge in [-0.1, -0.05) is 170 Å². The van der Waals surface area contributed by atoms with Crippen LogP contribution in [0.15, 0.2) is 215 Å². The zero-order valence-corrected chi connectivity index (χ0v) is 30.9. The summed E-state index contributed by atoms with van der Waals surface area (Å²) in [6.45, 7) is 0. The van der Waals surface area contributed by atoms with Gasteiger partial charge in [0.2, 0.25) is 0 Å². The maximum Gasteiger partial charge on any atom is 0.159 e. The average molecular weight is 730 g/mol. The third-order valence-electron chi connectivity index (χ3n) is 11.1. The maximum absolute atomic E-state index is 6.69. The number of fused-ring (bicyclic) bond motifs is 5. The molecule has 2 heterocycles. The van der Waals surface area contributed by atoms with E-state index < -0.39 is 0 Å². The first-order valence-corrected chi connectivity index (χ1v) is 19.3. The first kappa shape index (κ1) is 32.8. The molecule has 11 rings (SSSR count). The molecule has 1 aliphatic heterocycles. The van der Waals surface area contributed by atoms with E-state index in [1.165, 1.54) is 32.7 Å². The SMILES string of the molecule is c1ccc(C2=NC(c3ccc(-c4ccc5ccccc5c4)cc3)NC(c3cccc(-c4ccc(-c5ccc6ccccc6c5)c5oc6ccccc6c45)c3)=N2)cc1. The second kappa shape index (κ2) is 13.6. The Bertz CT molecular complexity index is 3210. The van der Waals surface area contributed by atoms with Crippen molar-refractivity contribution in [2.45, 2.75) is 6.17 Å². The van der Waals surface area contributed by atoms with Crippen molar-refractivity contribution in [3.63, 3.8) is 0 Å². The smallest absolute Gasteiger partial charge is 0.159 e. The quantitative estimate of drug-likeness (QED) is 0.185. The van der Waals surface area contributed by atoms with Gasteiger partial charge in [0.05, 0.1) is 0 Å². The summed E-state index contributed by atoms with van der Waals surface area (Å²) in [7, 11) is 0. The molecule has 1 unspecified atom stereocenters. The fourth-order valence-corrected chi connectivity index (χ4v) is 8.20. The Balaban J connectivity index is 0.985. The molecule has 0 amide bonds. The highest BCUT2D eigenvalue weighted by Crippen LogP contribution is 2.42. The molecule has 1 N–H and O–H groups in total. The molecule has 4 heteroatoms. The third-order valence-corrected chi connectivity index (χ3v) is 11.1.